The minimum atomic E-state index is -4.80. The summed E-state index contributed by atoms with van der Waals surface area (Å²) in [7, 11) is 0. The van der Waals surface area contributed by atoms with E-state index in [0.717, 1.165) is 5.56 Å². The standard InChI is InChI=1S/C18H13F3O3/c19-18(20,21)24-16-4-2-1-3-12(16)9-13-6-5-11-10-14(22)7-8-15(11)17(13)23/h1-4,7-10,22H,5-6H2/b13-9+. The lowest BCUT2D eigenvalue weighted by molar-refractivity contribution is -0.274. The van der Waals surface area contributed by atoms with Gasteiger partial charge in [-0.05, 0) is 48.7 Å². The average molecular weight is 334 g/mol. The number of aryl methyl sites for hydroxylation is 1. The lowest BCUT2D eigenvalue weighted by Gasteiger charge is -2.18. The van der Waals surface area contributed by atoms with Crippen molar-refractivity contribution in [2.75, 3.05) is 0 Å². The maximum absolute atomic E-state index is 12.5. The molecule has 0 aromatic heterocycles. The van der Waals surface area contributed by atoms with Crippen molar-refractivity contribution in [2.24, 2.45) is 0 Å². The summed E-state index contributed by atoms with van der Waals surface area (Å²) in [6, 6.07) is 10.2. The molecule has 1 aliphatic rings. The second-order valence-electron chi connectivity index (χ2n) is 5.43. The molecule has 0 saturated heterocycles. The normalized spacial score (nSPS) is 16.1. The predicted octanol–water partition coefficient (Wildman–Crippen LogP) is 4.50. The number of carbonyl (C=O) groups is 1. The highest BCUT2D eigenvalue weighted by Crippen LogP contribution is 2.32. The van der Waals surface area contributed by atoms with Gasteiger partial charge in [-0.15, -0.1) is 13.2 Å². The highest BCUT2D eigenvalue weighted by atomic mass is 19.4. The topological polar surface area (TPSA) is 46.5 Å². The van der Waals surface area contributed by atoms with E-state index in [1.54, 1.807) is 6.07 Å². The highest BCUT2D eigenvalue weighted by Gasteiger charge is 2.32. The van der Waals surface area contributed by atoms with E-state index >= 15 is 0 Å². The van der Waals surface area contributed by atoms with Gasteiger partial charge in [0.15, 0.2) is 5.78 Å². The number of allylic oxidation sites excluding steroid dienone is 1. The van der Waals surface area contributed by atoms with E-state index in [0.29, 0.717) is 24.0 Å². The molecule has 2 aromatic rings. The summed E-state index contributed by atoms with van der Waals surface area (Å²) in [6.07, 6.45) is -2.45. The zero-order chi connectivity index (χ0) is 17.3. The van der Waals surface area contributed by atoms with Gasteiger partial charge in [-0.1, -0.05) is 18.2 Å². The molecule has 2 aromatic carbocycles. The zero-order valence-electron chi connectivity index (χ0n) is 12.4. The Kier molecular flexibility index (Phi) is 4.05. The number of carbonyl (C=O) groups excluding carboxylic acids is 1. The van der Waals surface area contributed by atoms with E-state index < -0.39 is 6.36 Å². The third-order valence-electron chi connectivity index (χ3n) is 3.76. The van der Waals surface area contributed by atoms with Crippen molar-refractivity contribution >= 4 is 11.9 Å². The Labute approximate surface area is 136 Å². The average Bonchev–Trinajstić information content (AvgIpc) is 2.50. The molecule has 124 valence electrons. The number of aromatic hydroxyl groups is 1. The van der Waals surface area contributed by atoms with Gasteiger partial charge in [-0.25, -0.2) is 0 Å². The van der Waals surface area contributed by atoms with Crippen molar-refractivity contribution in [3.8, 4) is 11.5 Å². The number of benzene rings is 2. The minimum Gasteiger partial charge on any atom is -0.508 e. The fourth-order valence-corrected chi connectivity index (χ4v) is 2.71. The second-order valence-corrected chi connectivity index (χ2v) is 5.43. The molecule has 6 heteroatoms. The number of phenolic OH excluding ortho intramolecular Hbond substituents is 1. The fraction of sp³-hybridized carbons (Fsp3) is 0.167. The number of ketones is 1. The molecule has 0 amide bonds. The number of fused-ring (bicyclic) bond motifs is 1. The summed E-state index contributed by atoms with van der Waals surface area (Å²) in [6.45, 7) is 0. The second kappa shape index (κ2) is 6.03. The third-order valence-corrected chi connectivity index (χ3v) is 3.76. The molecule has 24 heavy (non-hydrogen) atoms. The van der Waals surface area contributed by atoms with Crippen LogP contribution in [0.5, 0.6) is 11.5 Å². The van der Waals surface area contributed by atoms with Crippen molar-refractivity contribution in [1.82, 2.24) is 0 Å². The largest absolute Gasteiger partial charge is 0.573 e. The van der Waals surface area contributed by atoms with Crippen molar-refractivity contribution in [3.05, 3.63) is 64.7 Å². The van der Waals surface area contributed by atoms with E-state index in [1.165, 1.54) is 42.5 Å². The Morgan fingerprint density at radius 3 is 2.58 bits per heavy atom. The number of Topliss-reactive ketones (excluding diaryl/α,β-unsaturated/α-hetero) is 1. The Hall–Kier alpha value is -2.76. The number of para-hydroxylation sites is 1. The Bertz CT molecular complexity index is 822. The number of alkyl halides is 3. The van der Waals surface area contributed by atoms with Crippen LogP contribution in [0.3, 0.4) is 0 Å². The van der Waals surface area contributed by atoms with Crippen molar-refractivity contribution in [2.45, 2.75) is 19.2 Å². The maximum Gasteiger partial charge on any atom is 0.573 e. The van der Waals surface area contributed by atoms with Gasteiger partial charge in [0.05, 0.1) is 0 Å². The SMILES string of the molecule is O=C1/C(=C/c2ccccc2OC(F)(F)F)CCc2cc(O)ccc21. The van der Waals surface area contributed by atoms with E-state index in [-0.39, 0.29) is 22.8 Å². The number of rotatable bonds is 2. The highest BCUT2D eigenvalue weighted by molar-refractivity contribution is 6.13. The minimum absolute atomic E-state index is 0.0814. The van der Waals surface area contributed by atoms with Crippen molar-refractivity contribution in [1.29, 1.82) is 0 Å². The fourth-order valence-electron chi connectivity index (χ4n) is 2.71. The maximum atomic E-state index is 12.5. The van der Waals surface area contributed by atoms with Crippen LogP contribution in [0.25, 0.3) is 6.08 Å². The van der Waals surface area contributed by atoms with Gasteiger partial charge in [0.25, 0.3) is 0 Å². The monoisotopic (exact) mass is 334 g/mol. The number of hydrogen-bond acceptors (Lipinski definition) is 3. The molecule has 0 fully saturated rings. The summed E-state index contributed by atoms with van der Waals surface area (Å²) in [5.74, 6) is -0.516. The zero-order valence-corrected chi connectivity index (χ0v) is 12.4. The van der Waals surface area contributed by atoms with Crippen molar-refractivity contribution < 1.29 is 27.8 Å². The molecular formula is C18H13F3O3. The van der Waals surface area contributed by atoms with Crippen LogP contribution in [0, 0.1) is 0 Å². The van der Waals surface area contributed by atoms with Crippen LogP contribution in [0.4, 0.5) is 13.2 Å². The van der Waals surface area contributed by atoms with Crippen LogP contribution in [-0.4, -0.2) is 17.3 Å². The third kappa shape index (κ3) is 3.42. The number of ether oxygens (including phenoxy) is 1. The molecule has 0 unspecified atom stereocenters. The van der Waals surface area contributed by atoms with E-state index in [9.17, 15) is 23.1 Å². The first-order chi connectivity index (χ1) is 11.3. The molecule has 0 aliphatic heterocycles. The number of phenols is 1. The summed E-state index contributed by atoms with van der Waals surface area (Å²) >= 11 is 0. The smallest absolute Gasteiger partial charge is 0.508 e. The molecule has 1 aliphatic carbocycles. The van der Waals surface area contributed by atoms with Crippen molar-refractivity contribution in [3.63, 3.8) is 0 Å². The summed E-state index contributed by atoms with van der Waals surface area (Å²) < 4.78 is 41.4. The predicted molar refractivity (Wildman–Crippen MR) is 81.9 cm³/mol. The first kappa shape index (κ1) is 16.1. The first-order valence-electron chi connectivity index (χ1n) is 7.25. The molecule has 0 spiro atoms. The molecule has 3 nitrogen and oxygen atoms in total. The van der Waals surface area contributed by atoms with Gasteiger partial charge >= 0.3 is 6.36 Å². The molecule has 3 rings (SSSR count). The Balaban J connectivity index is 1.96. The van der Waals surface area contributed by atoms with E-state index in [4.69, 9.17) is 0 Å². The van der Waals surface area contributed by atoms with Crippen LogP contribution < -0.4 is 4.74 Å². The van der Waals surface area contributed by atoms with Gasteiger partial charge in [-0.3, -0.25) is 4.79 Å². The van der Waals surface area contributed by atoms with E-state index in [2.05, 4.69) is 4.74 Å². The summed E-state index contributed by atoms with van der Waals surface area (Å²) in [4.78, 5) is 12.5. The molecule has 0 radical (unpaired) electrons. The van der Waals surface area contributed by atoms with Gasteiger partial charge in [0, 0.05) is 16.7 Å². The van der Waals surface area contributed by atoms with Gasteiger partial charge < -0.3 is 9.84 Å². The summed E-state index contributed by atoms with van der Waals surface area (Å²) in [5, 5.41) is 9.47. The molecule has 0 saturated carbocycles. The molecule has 0 atom stereocenters. The van der Waals surface area contributed by atoms with E-state index in [1.807, 2.05) is 0 Å². The number of hydrogen-bond donors (Lipinski definition) is 1. The quantitative estimate of drug-likeness (QED) is 0.823. The van der Waals surface area contributed by atoms with Gasteiger partial charge in [-0.2, -0.15) is 0 Å². The molecule has 0 bridgehead atoms. The molecule has 1 N–H and O–H groups in total. The van der Waals surface area contributed by atoms with Gasteiger partial charge in [0.2, 0.25) is 0 Å². The molecular weight excluding hydrogens is 321 g/mol. The number of halogens is 3. The van der Waals surface area contributed by atoms with Crippen LogP contribution in [0.15, 0.2) is 48.0 Å². The van der Waals surface area contributed by atoms with Gasteiger partial charge in [0.1, 0.15) is 11.5 Å². The lowest BCUT2D eigenvalue weighted by atomic mass is 9.86. The Morgan fingerprint density at radius 1 is 1.08 bits per heavy atom. The first-order valence-corrected chi connectivity index (χ1v) is 7.25. The summed E-state index contributed by atoms with van der Waals surface area (Å²) in [5.41, 5.74) is 1.79. The Morgan fingerprint density at radius 2 is 1.83 bits per heavy atom. The molecule has 0 heterocycles. The van der Waals surface area contributed by atoms with Crippen LogP contribution in [0.1, 0.15) is 27.9 Å². The lowest BCUT2D eigenvalue weighted by Crippen LogP contribution is -2.18. The van der Waals surface area contributed by atoms with Crippen LogP contribution in [0.2, 0.25) is 0 Å². The van der Waals surface area contributed by atoms with Crippen LogP contribution in [-0.2, 0) is 6.42 Å². The van der Waals surface area contributed by atoms with Crippen LogP contribution >= 0.6 is 0 Å².